The van der Waals surface area contributed by atoms with Gasteiger partial charge in [-0.3, -0.25) is 47.9 Å². The number of hydrogen-bond acceptors (Lipinski definition) is 13. The Morgan fingerprint density at radius 1 is 0.767 bits per heavy atom. The number of carboxylic acid groups (broad SMARTS) is 1. The van der Waals surface area contributed by atoms with E-state index in [1.54, 1.807) is 38.6 Å². The number of carbonyl (C=O) groups is 10. The highest BCUT2D eigenvalue weighted by atomic mass is 32.1. The quantitative estimate of drug-likeness (QED) is 0.0458. The predicted octanol–water partition coefficient (Wildman–Crippen LogP) is 4.99. The molecule has 0 saturated heterocycles. The van der Waals surface area contributed by atoms with Gasteiger partial charge in [0, 0.05) is 76.0 Å². The number of nitrogens with one attached hydrogen (secondary N) is 3. The fraction of sp³-hybridized carbons (Fsp3) is 0.574. The number of aromatic nitrogens is 1. The molecule has 19 heteroatoms. The molecule has 0 spiro atoms. The van der Waals surface area contributed by atoms with Crippen molar-refractivity contribution in [2.75, 3.05) is 14.1 Å². The van der Waals surface area contributed by atoms with E-state index in [1.807, 2.05) is 63.9 Å². The van der Waals surface area contributed by atoms with E-state index < -0.39 is 114 Å². The summed E-state index contributed by atoms with van der Waals surface area (Å²) in [5.41, 5.74) is 0.964. The Balaban J connectivity index is 2.32. The summed E-state index contributed by atoms with van der Waals surface area (Å²) in [6.45, 7) is 16.8. The Labute approximate surface area is 433 Å². The second-order valence-electron chi connectivity index (χ2n) is 19.5. The van der Waals surface area contributed by atoms with E-state index in [9.17, 15) is 53.1 Å². The third-order valence-corrected chi connectivity index (χ3v) is 13.9. The van der Waals surface area contributed by atoms with Gasteiger partial charge in [-0.15, -0.1) is 24.2 Å². The number of thiazole rings is 1. The number of ether oxygens (including phenoxy) is 1. The number of benzene rings is 1. The second kappa shape index (κ2) is 29.7. The highest BCUT2D eigenvalue weighted by molar-refractivity contribution is 7.09. The van der Waals surface area contributed by atoms with Crippen molar-refractivity contribution in [2.24, 2.45) is 35.5 Å². The molecule has 1 heterocycles. The standard InChI is InChI=1S/C54H74N6O12S/c1-15-32(8)40(27-45(64)48(31(6)7)60(14)52(68)33(9)24-44(63)35(11)55-49(66)41(26-39(62)16-2)57-47(65)17-3)53(69)59(13)43(30(4)5)28-46(72-36(12)61)51-58-42(29-73-51)50(67)56-38(23-34(10)54(70)71)25-37-21-19-18-20-22-37/h2-3,18-22,29-35,38,40-41,43,46,48H,15,23-28H2,1,4-14H3,(H,55,66)(H,56,67)(H,57,65)(H,70,71)/t32-,33+,34?,35-,38+,40-,41?,43+,46+,48-/m0/s1. The largest absolute Gasteiger partial charge is 0.481 e. The zero-order valence-electron chi connectivity index (χ0n) is 44.2. The molecule has 4 N–H and O–H groups in total. The Morgan fingerprint density at radius 2 is 1.40 bits per heavy atom. The van der Waals surface area contributed by atoms with E-state index in [0.717, 1.165) is 16.9 Å². The Kier molecular flexibility index (Phi) is 25.4. The number of carbonyl (C=O) groups excluding carboxylic acids is 9. The third kappa shape index (κ3) is 19.3. The van der Waals surface area contributed by atoms with Crippen molar-refractivity contribution in [1.29, 1.82) is 0 Å². The minimum absolute atomic E-state index is 0.0525. The summed E-state index contributed by atoms with van der Waals surface area (Å²) in [4.78, 5) is 138. The van der Waals surface area contributed by atoms with Crippen LogP contribution in [0.4, 0.5) is 0 Å². The van der Waals surface area contributed by atoms with Crippen LogP contribution in [0.5, 0.6) is 0 Å². The molecule has 2 unspecified atom stereocenters. The molecule has 0 aliphatic heterocycles. The lowest BCUT2D eigenvalue weighted by Crippen LogP contribution is -2.52. The number of Topliss-reactive ketones (excluding diaryl/α,β-unsaturated/α-hetero) is 3. The molecule has 0 saturated carbocycles. The molecule has 18 nitrogen and oxygen atoms in total. The normalized spacial score (nSPS) is 15.2. The van der Waals surface area contributed by atoms with Crippen LogP contribution in [-0.2, 0) is 54.3 Å². The highest BCUT2D eigenvalue weighted by Crippen LogP contribution is 2.33. The summed E-state index contributed by atoms with van der Waals surface area (Å²) < 4.78 is 5.80. The highest BCUT2D eigenvalue weighted by Gasteiger charge is 2.40. The Morgan fingerprint density at radius 3 is 1.93 bits per heavy atom. The van der Waals surface area contributed by atoms with Crippen LogP contribution in [0.25, 0.3) is 0 Å². The lowest BCUT2D eigenvalue weighted by atomic mass is 9.82. The number of esters is 1. The fourth-order valence-electron chi connectivity index (χ4n) is 8.63. The molecule has 2 aromatic rings. The summed E-state index contributed by atoms with van der Waals surface area (Å²) in [5.74, 6) is -6.31. The van der Waals surface area contributed by atoms with Gasteiger partial charge in [-0.25, -0.2) is 4.98 Å². The van der Waals surface area contributed by atoms with Crippen molar-refractivity contribution in [3.05, 3.63) is 52.0 Å². The van der Waals surface area contributed by atoms with Crippen LogP contribution in [0.3, 0.4) is 0 Å². The van der Waals surface area contributed by atoms with Crippen LogP contribution >= 0.6 is 11.3 Å². The van der Waals surface area contributed by atoms with Gasteiger partial charge in [0.1, 0.15) is 16.7 Å². The minimum atomic E-state index is -1.45. The van der Waals surface area contributed by atoms with Gasteiger partial charge in [-0.1, -0.05) is 92.1 Å². The van der Waals surface area contributed by atoms with Gasteiger partial charge in [-0.05, 0) is 54.9 Å². The molecule has 0 aliphatic carbocycles. The van der Waals surface area contributed by atoms with Gasteiger partial charge >= 0.3 is 11.9 Å². The summed E-state index contributed by atoms with van der Waals surface area (Å²) in [7, 11) is 3.09. The monoisotopic (exact) mass is 1030 g/mol. The maximum Gasteiger partial charge on any atom is 0.306 e. The molecule has 73 heavy (non-hydrogen) atoms. The number of ketones is 3. The van der Waals surface area contributed by atoms with Crippen LogP contribution in [-0.4, -0.2) is 123 Å². The topological polar surface area (TPSA) is 256 Å². The first-order valence-electron chi connectivity index (χ1n) is 24.5. The number of likely N-dealkylation sites (N-methyl/N-ethyl adjacent to an activating group) is 1. The maximum absolute atomic E-state index is 14.7. The molecule has 398 valence electrons. The maximum atomic E-state index is 14.7. The van der Waals surface area contributed by atoms with E-state index in [2.05, 4.69) is 20.9 Å². The van der Waals surface area contributed by atoms with Gasteiger partial charge in [0.2, 0.25) is 23.5 Å². The average molecular weight is 1030 g/mol. The Bertz CT molecular complexity index is 2340. The number of nitrogens with zero attached hydrogens (tertiary/aromatic N) is 3. The minimum Gasteiger partial charge on any atom is -0.481 e. The summed E-state index contributed by atoms with van der Waals surface area (Å²) in [5, 5.41) is 19.0. The average Bonchev–Trinajstić information content (AvgIpc) is 3.84. The molecule has 0 bridgehead atoms. The van der Waals surface area contributed by atoms with Crippen molar-refractivity contribution >= 4 is 70.2 Å². The van der Waals surface area contributed by atoms with Gasteiger partial charge in [-0.2, -0.15) is 0 Å². The molecule has 1 aromatic heterocycles. The van der Waals surface area contributed by atoms with Gasteiger partial charge in [0.15, 0.2) is 17.7 Å². The molecule has 0 aliphatic rings. The molecule has 0 radical (unpaired) electrons. The molecule has 10 atom stereocenters. The van der Waals surface area contributed by atoms with Crippen LogP contribution in [0.2, 0.25) is 0 Å². The van der Waals surface area contributed by atoms with Crippen LogP contribution < -0.4 is 16.0 Å². The summed E-state index contributed by atoms with van der Waals surface area (Å²) in [6, 6.07) is 4.69. The van der Waals surface area contributed by atoms with Crippen molar-refractivity contribution < 1.29 is 57.8 Å². The zero-order valence-corrected chi connectivity index (χ0v) is 45.0. The lowest BCUT2D eigenvalue weighted by Gasteiger charge is -2.38. The molecule has 5 amide bonds. The van der Waals surface area contributed by atoms with Crippen LogP contribution in [0, 0.1) is 60.2 Å². The number of terminal acetylenes is 2. The van der Waals surface area contributed by atoms with Crippen molar-refractivity contribution in [3.63, 3.8) is 0 Å². The SMILES string of the molecule is C#CC(=O)CC(NC(=O)C#C)C(=O)N[C@@H](C)C(=O)C[C@@H](C)C(=O)N(C)[C@H](C(=O)C[C@H](C(=O)N(C)[C@H](C[C@@H](OC(C)=O)c1nc(C(=O)N[C@@H](Cc2ccccc2)CC(C)C(=O)O)cs1)C(C)C)[C@@H](C)CC)C(C)C. The van der Waals surface area contributed by atoms with E-state index >= 15 is 0 Å². The van der Waals surface area contributed by atoms with Gasteiger partial charge in [0.05, 0.1) is 18.0 Å². The fourth-order valence-corrected chi connectivity index (χ4v) is 9.47. The van der Waals surface area contributed by atoms with Crippen LogP contribution in [0.1, 0.15) is 135 Å². The van der Waals surface area contributed by atoms with Gasteiger partial charge in [0.25, 0.3) is 11.8 Å². The molecule has 1 aromatic carbocycles. The predicted molar refractivity (Wildman–Crippen MR) is 275 cm³/mol. The molecular weight excluding hydrogens is 957 g/mol. The third-order valence-electron chi connectivity index (χ3n) is 13.0. The second-order valence-corrected chi connectivity index (χ2v) is 20.4. The molecular formula is C54H74N6O12S. The van der Waals surface area contributed by atoms with E-state index in [-0.39, 0.29) is 54.9 Å². The number of amides is 5. The number of carboxylic acids is 1. The number of hydrogen-bond donors (Lipinski definition) is 4. The van der Waals surface area contributed by atoms with Crippen LogP contribution in [0.15, 0.2) is 35.7 Å². The van der Waals surface area contributed by atoms with E-state index in [0.29, 0.717) is 17.8 Å². The molecule has 2 rings (SSSR count). The summed E-state index contributed by atoms with van der Waals surface area (Å²) in [6.07, 6.45) is 9.33. The first-order chi connectivity index (χ1) is 34.2. The first-order valence-corrected chi connectivity index (χ1v) is 25.4. The number of rotatable bonds is 30. The zero-order chi connectivity index (χ0) is 55.4. The van der Waals surface area contributed by atoms with Gasteiger partial charge < -0.3 is 35.6 Å². The van der Waals surface area contributed by atoms with Crippen molar-refractivity contribution in [1.82, 2.24) is 30.7 Å². The smallest absolute Gasteiger partial charge is 0.306 e. The summed E-state index contributed by atoms with van der Waals surface area (Å²) >= 11 is 1.11. The molecule has 0 fully saturated rings. The lowest BCUT2D eigenvalue weighted by molar-refractivity contribution is -0.150. The first kappa shape index (κ1) is 62.4. The van der Waals surface area contributed by atoms with Crippen molar-refractivity contribution in [3.8, 4) is 24.7 Å². The van der Waals surface area contributed by atoms with Crippen molar-refractivity contribution in [2.45, 2.75) is 150 Å². The Hall–Kier alpha value is -6.73. The van der Waals surface area contributed by atoms with E-state index in [4.69, 9.17) is 17.6 Å². The number of aliphatic carboxylic acids is 1. The van der Waals surface area contributed by atoms with E-state index in [1.165, 1.54) is 38.1 Å².